The van der Waals surface area contributed by atoms with E-state index in [0.29, 0.717) is 17.4 Å². The number of carbonyl (C=O) groups excluding carboxylic acids is 1. The van der Waals surface area contributed by atoms with E-state index in [4.69, 9.17) is 20.9 Å². The maximum atomic E-state index is 11.5. The normalized spacial score (nSPS) is 10.5. The lowest BCUT2D eigenvalue weighted by atomic mass is 10.0. The second-order valence-corrected chi connectivity index (χ2v) is 4.62. The van der Waals surface area contributed by atoms with Crippen LogP contribution in [0.25, 0.3) is 11.3 Å². The van der Waals surface area contributed by atoms with Gasteiger partial charge in [0.25, 0.3) is 0 Å². The van der Waals surface area contributed by atoms with E-state index in [9.17, 15) is 4.79 Å². The number of hydrogen-bond acceptors (Lipinski definition) is 4. The minimum absolute atomic E-state index is 0.160. The number of hydrogen-bond donors (Lipinski definition) is 0. The lowest BCUT2D eigenvalue weighted by molar-refractivity contribution is 0.0514. The maximum absolute atomic E-state index is 11.5. The van der Waals surface area contributed by atoms with E-state index in [-0.39, 0.29) is 5.69 Å². The zero-order valence-electron chi connectivity index (χ0n) is 11.0. The molecule has 100 valence electrons. The number of rotatable bonds is 3. The standard InChI is InChI=1S/C14H14ClNO3/c1-4-18-14(17)12-7-13(19-16-12)10-6-11(15)9(3)5-8(10)2/h5-7H,4H2,1-3H3. The molecule has 0 aliphatic rings. The minimum Gasteiger partial charge on any atom is -0.461 e. The highest BCUT2D eigenvalue weighted by molar-refractivity contribution is 6.31. The van der Waals surface area contributed by atoms with Crippen LogP contribution in [0.5, 0.6) is 0 Å². The van der Waals surface area contributed by atoms with Crippen molar-refractivity contribution in [2.45, 2.75) is 20.8 Å². The number of benzene rings is 1. The second kappa shape index (κ2) is 5.45. The van der Waals surface area contributed by atoms with Crippen molar-refractivity contribution < 1.29 is 14.1 Å². The summed E-state index contributed by atoms with van der Waals surface area (Å²) in [4.78, 5) is 11.5. The highest BCUT2D eigenvalue weighted by Gasteiger charge is 2.16. The van der Waals surface area contributed by atoms with E-state index in [2.05, 4.69) is 5.16 Å². The first-order chi connectivity index (χ1) is 9.02. The molecule has 0 radical (unpaired) electrons. The fourth-order valence-corrected chi connectivity index (χ4v) is 1.96. The second-order valence-electron chi connectivity index (χ2n) is 4.21. The molecule has 0 saturated carbocycles. The van der Waals surface area contributed by atoms with Gasteiger partial charge in [0.15, 0.2) is 11.5 Å². The fraction of sp³-hybridized carbons (Fsp3) is 0.286. The Kier molecular flexibility index (Phi) is 3.90. The molecule has 0 unspecified atom stereocenters. The van der Waals surface area contributed by atoms with E-state index in [1.54, 1.807) is 13.0 Å². The third-order valence-electron chi connectivity index (χ3n) is 2.77. The van der Waals surface area contributed by atoms with Crippen LogP contribution in [0.2, 0.25) is 5.02 Å². The molecule has 1 aromatic carbocycles. The van der Waals surface area contributed by atoms with Crippen molar-refractivity contribution in [3.8, 4) is 11.3 Å². The number of carbonyl (C=O) groups is 1. The van der Waals surface area contributed by atoms with Crippen LogP contribution in [0.3, 0.4) is 0 Å². The first-order valence-electron chi connectivity index (χ1n) is 5.94. The van der Waals surface area contributed by atoms with Crippen molar-refractivity contribution in [3.63, 3.8) is 0 Å². The predicted molar refractivity (Wildman–Crippen MR) is 72.4 cm³/mol. The molecular formula is C14H14ClNO3. The van der Waals surface area contributed by atoms with Gasteiger partial charge in [-0.05, 0) is 38.0 Å². The van der Waals surface area contributed by atoms with Gasteiger partial charge in [-0.2, -0.15) is 0 Å². The Morgan fingerprint density at radius 3 is 2.74 bits per heavy atom. The molecule has 0 amide bonds. The third-order valence-corrected chi connectivity index (χ3v) is 3.17. The van der Waals surface area contributed by atoms with Crippen LogP contribution in [0.4, 0.5) is 0 Å². The SMILES string of the molecule is CCOC(=O)c1cc(-c2cc(Cl)c(C)cc2C)on1. The summed E-state index contributed by atoms with van der Waals surface area (Å²) < 4.78 is 10.0. The summed E-state index contributed by atoms with van der Waals surface area (Å²) in [6, 6.07) is 5.33. The Morgan fingerprint density at radius 2 is 2.05 bits per heavy atom. The lowest BCUT2D eigenvalue weighted by Crippen LogP contribution is -2.04. The topological polar surface area (TPSA) is 52.3 Å². The number of ether oxygens (including phenoxy) is 1. The van der Waals surface area contributed by atoms with Gasteiger partial charge in [0, 0.05) is 16.7 Å². The summed E-state index contributed by atoms with van der Waals surface area (Å²) >= 11 is 6.10. The van der Waals surface area contributed by atoms with Crippen molar-refractivity contribution in [3.05, 3.63) is 40.0 Å². The zero-order chi connectivity index (χ0) is 14.0. The maximum Gasteiger partial charge on any atom is 0.360 e. The molecule has 0 bridgehead atoms. The molecule has 0 atom stereocenters. The average molecular weight is 280 g/mol. The summed E-state index contributed by atoms with van der Waals surface area (Å²) in [6.45, 7) is 5.92. The molecule has 4 nitrogen and oxygen atoms in total. The molecule has 0 fully saturated rings. The van der Waals surface area contributed by atoms with E-state index >= 15 is 0 Å². The van der Waals surface area contributed by atoms with Gasteiger partial charge in [-0.15, -0.1) is 0 Å². The van der Waals surface area contributed by atoms with Gasteiger partial charge in [0.2, 0.25) is 0 Å². The largest absolute Gasteiger partial charge is 0.461 e. The minimum atomic E-state index is -0.492. The van der Waals surface area contributed by atoms with Crippen LogP contribution in [0.15, 0.2) is 22.7 Å². The van der Waals surface area contributed by atoms with Gasteiger partial charge in [-0.1, -0.05) is 22.8 Å². The molecule has 5 heteroatoms. The first-order valence-corrected chi connectivity index (χ1v) is 6.31. The van der Waals surface area contributed by atoms with Crippen LogP contribution < -0.4 is 0 Å². The number of halogens is 1. The molecule has 0 aliphatic heterocycles. The Morgan fingerprint density at radius 1 is 1.32 bits per heavy atom. The molecule has 1 heterocycles. The molecule has 1 aromatic heterocycles. The summed E-state index contributed by atoms with van der Waals surface area (Å²) in [5, 5.41) is 4.36. The Labute approximate surface area is 116 Å². The van der Waals surface area contributed by atoms with Crippen LogP contribution >= 0.6 is 11.6 Å². The van der Waals surface area contributed by atoms with E-state index in [1.807, 2.05) is 26.0 Å². The predicted octanol–water partition coefficient (Wildman–Crippen LogP) is 3.79. The summed E-state index contributed by atoms with van der Waals surface area (Å²) in [5.41, 5.74) is 2.98. The first kappa shape index (κ1) is 13.6. The average Bonchev–Trinajstić information content (AvgIpc) is 2.83. The molecule has 0 spiro atoms. The van der Waals surface area contributed by atoms with Crippen LogP contribution in [-0.2, 0) is 4.74 Å². The molecule has 0 aliphatic carbocycles. The molecule has 2 aromatic rings. The van der Waals surface area contributed by atoms with Gasteiger partial charge in [0.05, 0.1) is 6.61 Å². The van der Waals surface area contributed by atoms with E-state index in [0.717, 1.165) is 16.7 Å². The van der Waals surface area contributed by atoms with Crippen molar-refractivity contribution in [1.29, 1.82) is 0 Å². The van der Waals surface area contributed by atoms with Crippen molar-refractivity contribution in [2.24, 2.45) is 0 Å². The Bertz CT molecular complexity index is 619. The van der Waals surface area contributed by atoms with Crippen LogP contribution in [-0.4, -0.2) is 17.7 Å². The Balaban J connectivity index is 2.38. The molecule has 0 N–H and O–H groups in total. The van der Waals surface area contributed by atoms with Crippen LogP contribution in [0, 0.1) is 13.8 Å². The summed E-state index contributed by atoms with van der Waals surface area (Å²) in [5.74, 6) is 0.0100. The Hall–Kier alpha value is -1.81. The van der Waals surface area contributed by atoms with Gasteiger partial charge >= 0.3 is 5.97 Å². The molecular weight excluding hydrogens is 266 g/mol. The van der Waals surface area contributed by atoms with Gasteiger partial charge < -0.3 is 9.26 Å². The zero-order valence-corrected chi connectivity index (χ0v) is 11.7. The molecule has 19 heavy (non-hydrogen) atoms. The highest BCUT2D eigenvalue weighted by Crippen LogP contribution is 2.29. The van der Waals surface area contributed by atoms with Gasteiger partial charge in [-0.3, -0.25) is 0 Å². The molecule has 0 saturated heterocycles. The highest BCUT2D eigenvalue weighted by atomic mass is 35.5. The monoisotopic (exact) mass is 279 g/mol. The van der Waals surface area contributed by atoms with E-state index < -0.39 is 5.97 Å². The van der Waals surface area contributed by atoms with E-state index in [1.165, 1.54) is 0 Å². The van der Waals surface area contributed by atoms with Gasteiger partial charge in [0.1, 0.15) is 0 Å². The number of aromatic nitrogens is 1. The van der Waals surface area contributed by atoms with Crippen molar-refractivity contribution in [1.82, 2.24) is 5.16 Å². The summed E-state index contributed by atoms with van der Waals surface area (Å²) in [7, 11) is 0. The fourth-order valence-electron chi connectivity index (χ4n) is 1.79. The number of esters is 1. The third kappa shape index (κ3) is 2.79. The smallest absolute Gasteiger partial charge is 0.360 e. The van der Waals surface area contributed by atoms with Crippen molar-refractivity contribution in [2.75, 3.05) is 6.61 Å². The number of aryl methyl sites for hydroxylation is 2. The van der Waals surface area contributed by atoms with Crippen LogP contribution in [0.1, 0.15) is 28.5 Å². The van der Waals surface area contributed by atoms with Gasteiger partial charge in [-0.25, -0.2) is 4.79 Å². The lowest BCUT2D eigenvalue weighted by Gasteiger charge is -2.05. The quantitative estimate of drug-likeness (QED) is 0.802. The molecule has 2 rings (SSSR count). The van der Waals surface area contributed by atoms with Crippen molar-refractivity contribution >= 4 is 17.6 Å². The number of nitrogens with zero attached hydrogens (tertiary/aromatic N) is 1. The summed E-state index contributed by atoms with van der Waals surface area (Å²) in [6.07, 6.45) is 0.